The van der Waals surface area contributed by atoms with Gasteiger partial charge in [0.25, 0.3) is 0 Å². The van der Waals surface area contributed by atoms with Gasteiger partial charge in [-0.3, -0.25) is 0 Å². The molecule has 2 N–H and O–H groups in total. The number of methoxy groups -OCH3 is 1. The van der Waals surface area contributed by atoms with Gasteiger partial charge in [0.15, 0.2) is 0 Å². The first-order chi connectivity index (χ1) is 8.49. The summed E-state index contributed by atoms with van der Waals surface area (Å²) in [6.45, 7) is 4.29. The number of hydrogen-bond acceptors (Lipinski definition) is 2. The average Bonchev–Trinajstić information content (AvgIpc) is 2.34. The first-order valence-electron chi connectivity index (χ1n) is 6.62. The molecule has 100 valence electrons. The van der Waals surface area contributed by atoms with E-state index in [0.717, 1.165) is 23.1 Å². The van der Waals surface area contributed by atoms with Crippen molar-refractivity contribution in [2.45, 2.75) is 51.5 Å². The van der Waals surface area contributed by atoms with Gasteiger partial charge >= 0.3 is 0 Å². The molecule has 1 aromatic rings. The Morgan fingerprint density at radius 3 is 2.39 bits per heavy atom. The van der Waals surface area contributed by atoms with Crippen LogP contribution in [0.2, 0.25) is 0 Å². The van der Waals surface area contributed by atoms with Crippen LogP contribution in [0.5, 0.6) is 5.75 Å². The predicted octanol–water partition coefficient (Wildman–Crippen LogP) is 4.19. The van der Waals surface area contributed by atoms with Crippen molar-refractivity contribution < 1.29 is 4.74 Å². The molecule has 1 aliphatic rings. The average molecular weight is 312 g/mol. The second-order valence-corrected chi connectivity index (χ2v) is 6.28. The second-order valence-electron chi connectivity index (χ2n) is 5.43. The molecule has 1 fully saturated rings. The summed E-state index contributed by atoms with van der Waals surface area (Å²) in [5.41, 5.74) is 10.2. The van der Waals surface area contributed by atoms with Crippen molar-refractivity contribution in [1.29, 1.82) is 0 Å². The van der Waals surface area contributed by atoms with Gasteiger partial charge in [0.1, 0.15) is 5.75 Å². The molecule has 0 spiro atoms. The molecule has 1 aromatic carbocycles. The maximum Gasteiger partial charge on any atom is 0.138 e. The van der Waals surface area contributed by atoms with Gasteiger partial charge in [0.05, 0.1) is 11.6 Å². The first-order valence-corrected chi connectivity index (χ1v) is 7.42. The number of benzene rings is 1. The number of ether oxygens (including phenoxy) is 1. The molecule has 0 heterocycles. The quantitative estimate of drug-likeness (QED) is 0.888. The molecular weight excluding hydrogens is 290 g/mol. The zero-order valence-corrected chi connectivity index (χ0v) is 13.1. The van der Waals surface area contributed by atoms with Gasteiger partial charge < -0.3 is 10.5 Å². The Kier molecular flexibility index (Phi) is 4.02. The van der Waals surface area contributed by atoms with E-state index < -0.39 is 0 Å². The lowest BCUT2D eigenvalue weighted by atomic mass is 9.75. The third kappa shape index (κ3) is 2.30. The highest BCUT2D eigenvalue weighted by molar-refractivity contribution is 9.10. The van der Waals surface area contributed by atoms with E-state index in [9.17, 15) is 0 Å². The Labute approximate surface area is 118 Å². The maximum absolute atomic E-state index is 6.69. The molecule has 0 aliphatic heterocycles. The lowest BCUT2D eigenvalue weighted by Gasteiger charge is -2.37. The lowest BCUT2D eigenvalue weighted by molar-refractivity contribution is 0.287. The minimum absolute atomic E-state index is 0.220. The van der Waals surface area contributed by atoms with Crippen molar-refractivity contribution in [1.82, 2.24) is 0 Å². The molecule has 1 aliphatic carbocycles. The number of hydrogen-bond donors (Lipinski definition) is 1. The van der Waals surface area contributed by atoms with Crippen molar-refractivity contribution in [2.75, 3.05) is 7.11 Å². The Balaban J connectivity index is 2.60. The highest BCUT2D eigenvalue weighted by atomic mass is 79.9. The van der Waals surface area contributed by atoms with Crippen molar-refractivity contribution in [3.05, 3.63) is 27.2 Å². The predicted molar refractivity (Wildman–Crippen MR) is 79.1 cm³/mol. The molecule has 18 heavy (non-hydrogen) atoms. The van der Waals surface area contributed by atoms with Crippen LogP contribution in [0.1, 0.15) is 48.8 Å². The monoisotopic (exact) mass is 311 g/mol. The largest absolute Gasteiger partial charge is 0.495 e. The lowest BCUT2D eigenvalue weighted by Crippen LogP contribution is -2.39. The van der Waals surface area contributed by atoms with E-state index in [1.54, 1.807) is 7.11 Å². The topological polar surface area (TPSA) is 35.2 Å². The summed E-state index contributed by atoms with van der Waals surface area (Å²) in [5.74, 6) is 0.919. The molecule has 2 rings (SSSR count). The minimum atomic E-state index is -0.220. The minimum Gasteiger partial charge on any atom is -0.495 e. The van der Waals surface area contributed by atoms with Crippen LogP contribution < -0.4 is 10.5 Å². The van der Waals surface area contributed by atoms with Crippen molar-refractivity contribution in [3.8, 4) is 5.75 Å². The van der Waals surface area contributed by atoms with Crippen LogP contribution in [0.3, 0.4) is 0 Å². The van der Waals surface area contributed by atoms with E-state index in [-0.39, 0.29) is 5.54 Å². The summed E-state index contributed by atoms with van der Waals surface area (Å²) < 4.78 is 6.62. The Morgan fingerprint density at radius 1 is 1.22 bits per heavy atom. The van der Waals surface area contributed by atoms with Gasteiger partial charge in [-0.25, -0.2) is 0 Å². The number of aryl methyl sites for hydroxylation is 1. The molecular formula is C15H22BrNO. The molecule has 0 aromatic heterocycles. The summed E-state index contributed by atoms with van der Waals surface area (Å²) in [5, 5.41) is 0. The molecule has 3 heteroatoms. The summed E-state index contributed by atoms with van der Waals surface area (Å²) in [7, 11) is 1.73. The highest BCUT2D eigenvalue weighted by Gasteiger charge is 2.34. The summed E-state index contributed by atoms with van der Waals surface area (Å²) in [6.07, 6.45) is 5.84. The zero-order chi connectivity index (χ0) is 13.3. The van der Waals surface area contributed by atoms with Gasteiger partial charge in [-0.1, -0.05) is 19.3 Å². The molecule has 2 nitrogen and oxygen atoms in total. The molecule has 0 amide bonds. The van der Waals surface area contributed by atoms with E-state index in [1.807, 2.05) is 0 Å². The van der Waals surface area contributed by atoms with E-state index in [2.05, 4.69) is 35.8 Å². The zero-order valence-electron chi connectivity index (χ0n) is 11.5. The summed E-state index contributed by atoms with van der Waals surface area (Å²) >= 11 is 3.60. The summed E-state index contributed by atoms with van der Waals surface area (Å²) in [4.78, 5) is 0. The van der Waals surface area contributed by atoms with Crippen molar-refractivity contribution in [3.63, 3.8) is 0 Å². The highest BCUT2D eigenvalue weighted by Crippen LogP contribution is 2.44. The molecule has 0 bridgehead atoms. The smallest absolute Gasteiger partial charge is 0.138 e. The molecule has 0 saturated heterocycles. The van der Waals surface area contributed by atoms with E-state index in [1.165, 1.54) is 36.0 Å². The third-order valence-electron chi connectivity index (χ3n) is 4.20. The van der Waals surface area contributed by atoms with Crippen LogP contribution in [0.15, 0.2) is 10.5 Å². The van der Waals surface area contributed by atoms with Crippen LogP contribution in [0, 0.1) is 13.8 Å². The van der Waals surface area contributed by atoms with Crippen LogP contribution in [-0.4, -0.2) is 7.11 Å². The second kappa shape index (κ2) is 5.22. The number of rotatable bonds is 2. The van der Waals surface area contributed by atoms with Gasteiger partial charge in [-0.05, 0) is 59.8 Å². The van der Waals surface area contributed by atoms with Gasteiger partial charge in [-0.15, -0.1) is 0 Å². The number of nitrogens with two attached hydrogens (primary N) is 1. The van der Waals surface area contributed by atoms with Crippen molar-refractivity contribution in [2.24, 2.45) is 5.73 Å². The normalized spacial score (nSPS) is 18.7. The third-order valence-corrected chi connectivity index (χ3v) is 4.79. The molecule has 0 atom stereocenters. The fourth-order valence-electron chi connectivity index (χ4n) is 3.08. The Morgan fingerprint density at radius 2 is 1.83 bits per heavy atom. The van der Waals surface area contributed by atoms with E-state index in [0.29, 0.717) is 0 Å². The fourth-order valence-corrected chi connectivity index (χ4v) is 3.79. The van der Waals surface area contributed by atoms with Crippen LogP contribution in [0.4, 0.5) is 0 Å². The van der Waals surface area contributed by atoms with Gasteiger partial charge in [-0.2, -0.15) is 0 Å². The fraction of sp³-hybridized carbons (Fsp3) is 0.600. The van der Waals surface area contributed by atoms with Crippen LogP contribution >= 0.6 is 15.9 Å². The number of halogens is 1. The maximum atomic E-state index is 6.69. The molecule has 1 saturated carbocycles. The van der Waals surface area contributed by atoms with Gasteiger partial charge in [0.2, 0.25) is 0 Å². The molecule has 0 radical (unpaired) electrons. The Bertz CT molecular complexity index is 450. The first kappa shape index (κ1) is 13.9. The van der Waals surface area contributed by atoms with E-state index in [4.69, 9.17) is 10.5 Å². The molecule has 0 unspecified atom stereocenters. The van der Waals surface area contributed by atoms with Crippen molar-refractivity contribution >= 4 is 15.9 Å². The van der Waals surface area contributed by atoms with Crippen LogP contribution in [0.25, 0.3) is 0 Å². The van der Waals surface area contributed by atoms with Gasteiger partial charge in [0, 0.05) is 11.1 Å². The van der Waals surface area contributed by atoms with Crippen LogP contribution in [-0.2, 0) is 5.54 Å². The standard InChI is InChI=1S/C15H22BrNO/c1-10-9-12(16)14(18-3)13(11(10)2)15(17)7-5-4-6-8-15/h9H,4-8,17H2,1-3H3. The van der Waals surface area contributed by atoms with E-state index >= 15 is 0 Å². The SMILES string of the molecule is COc1c(Br)cc(C)c(C)c1C1(N)CCCCC1. The summed E-state index contributed by atoms with van der Waals surface area (Å²) in [6, 6.07) is 2.11. The Hall–Kier alpha value is -0.540.